The lowest BCUT2D eigenvalue weighted by molar-refractivity contribution is -0.117. The monoisotopic (exact) mass is 389 g/mol. The molecule has 2 rings (SSSR count). The van der Waals surface area contributed by atoms with E-state index in [0.29, 0.717) is 29.6 Å². The number of piperidine rings is 1. The van der Waals surface area contributed by atoms with E-state index in [4.69, 9.17) is 0 Å². The molecular weight excluding hydrogens is 362 g/mol. The Hall–Kier alpha value is -1.31. The number of anilines is 2. The molecule has 0 aliphatic carbocycles. The van der Waals surface area contributed by atoms with Crippen molar-refractivity contribution >= 4 is 39.7 Å². The largest absolute Gasteiger partial charge is 0.326 e. The normalized spacial score (nSPS) is 18.7. The molecule has 6 nitrogen and oxygen atoms in total. The Kier molecular flexibility index (Phi) is 8.68. The van der Waals surface area contributed by atoms with E-state index >= 15 is 0 Å². The zero-order chi connectivity index (χ0) is 17.6. The van der Waals surface area contributed by atoms with Gasteiger partial charge in [0, 0.05) is 17.8 Å². The van der Waals surface area contributed by atoms with Crippen molar-refractivity contribution in [3.8, 4) is 0 Å². The summed E-state index contributed by atoms with van der Waals surface area (Å²) in [7, 11) is -3.28. The first kappa shape index (κ1) is 21.7. The fraction of sp³-hybridized carbons (Fsp3) is 0.588. The second kappa shape index (κ2) is 9.99. The van der Waals surface area contributed by atoms with Crippen molar-refractivity contribution < 1.29 is 13.2 Å². The van der Waals surface area contributed by atoms with Gasteiger partial charge in [0.15, 0.2) is 0 Å². The summed E-state index contributed by atoms with van der Waals surface area (Å²) in [6.07, 6.45) is 2.84. The van der Waals surface area contributed by atoms with Crippen molar-refractivity contribution in [3.63, 3.8) is 0 Å². The van der Waals surface area contributed by atoms with E-state index in [0.717, 1.165) is 13.1 Å². The van der Waals surface area contributed by atoms with Crippen molar-refractivity contribution in [3.05, 3.63) is 24.3 Å². The molecule has 1 aliphatic rings. The molecule has 1 aromatic carbocycles. The zero-order valence-electron chi connectivity index (χ0n) is 14.7. The Bertz CT molecular complexity index is 644. The smallest absolute Gasteiger partial charge is 0.232 e. The van der Waals surface area contributed by atoms with Crippen molar-refractivity contribution in [1.29, 1.82) is 0 Å². The summed E-state index contributed by atoms with van der Waals surface area (Å²) in [5.41, 5.74) is 1.17. The van der Waals surface area contributed by atoms with Crippen molar-refractivity contribution in [1.82, 2.24) is 5.32 Å². The molecule has 0 spiro atoms. The van der Waals surface area contributed by atoms with Crippen molar-refractivity contribution in [2.75, 3.05) is 28.9 Å². The predicted octanol–water partition coefficient (Wildman–Crippen LogP) is 2.83. The molecule has 25 heavy (non-hydrogen) atoms. The Labute approximate surface area is 156 Å². The van der Waals surface area contributed by atoms with Crippen LogP contribution in [0.1, 0.15) is 33.1 Å². The van der Waals surface area contributed by atoms with Crippen LogP contribution < -0.4 is 15.4 Å². The number of benzene rings is 1. The van der Waals surface area contributed by atoms with Gasteiger partial charge in [-0.2, -0.15) is 0 Å². The summed E-state index contributed by atoms with van der Waals surface area (Å²) >= 11 is 0. The first-order chi connectivity index (χ1) is 11.4. The molecule has 0 radical (unpaired) electrons. The maximum Gasteiger partial charge on any atom is 0.232 e. The number of rotatable bonds is 7. The highest BCUT2D eigenvalue weighted by Gasteiger charge is 2.22. The highest BCUT2D eigenvalue weighted by Crippen LogP contribution is 2.23. The standard InChI is InChI=1S/C17H27N3O3S.ClH/c1-3-24(22,23)20-16-8-6-15(7-9-16)19-17(21)11-13(2)14-5-4-10-18-12-14;/h6-9,13-14,18,20H,3-5,10-12H2,1-2H3,(H,19,21);1H. The van der Waals surface area contributed by atoms with Crippen LogP contribution in [-0.2, 0) is 14.8 Å². The van der Waals surface area contributed by atoms with Crippen LogP contribution in [-0.4, -0.2) is 33.2 Å². The molecule has 3 N–H and O–H groups in total. The third-order valence-electron chi connectivity index (χ3n) is 4.47. The maximum absolute atomic E-state index is 12.2. The fourth-order valence-electron chi connectivity index (χ4n) is 2.91. The van der Waals surface area contributed by atoms with E-state index < -0.39 is 10.0 Å². The van der Waals surface area contributed by atoms with Crippen LogP contribution in [0.25, 0.3) is 0 Å². The Morgan fingerprint density at radius 3 is 2.48 bits per heavy atom. The third kappa shape index (κ3) is 7.22. The van der Waals surface area contributed by atoms with Crippen LogP contribution >= 0.6 is 12.4 Å². The number of nitrogens with one attached hydrogen (secondary N) is 3. The topological polar surface area (TPSA) is 87.3 Å². The Morgan fingerprint density at radius 2 is 1.92 bits per heavy atom. The van der Waals surface area contributed by atoms with Crippen LogP contribution in [0.2, 0.25) is 0 Å². The fourth-order valence-corrected chi connectivity index (χ4v) is 3.55. The summed E-state index contributed by atoms with van der Waals surface area (Å²) in [6.45, 7) is 5.77. The zero-order valence-corrected chi connectivity index (χ0v) is 16.4. The third-order valence-corrected chi connectivity index (χ3v) is 5.78. The molecule has 2 atom stereocenters. The van der Waals surface area contributed by atoms with Gasteiger partial charge in [-0.3, -0.25) is 9.52 Å². The number of hydrogen-bond acceptors (Lipinski definition) is 4. The van der Waals surface area contributed by atoms with Gasteiger partial charge < -0.3 is 10.6 Å². The average molecular weight is 390 g/mol. The Morgan fingerprint density at radius 1 is 1.28 bits per heavy atom. The molecule has 142 valence electrons. The number of hydrogen-bond donors (Lipinski definition) is 3. The molecule has 1 aromatic rings. The minimum Gasteiger partial charge on any atom is -0.326 e. The number of carbonyl (C=O) groups is 1. The van der Waals surface area contributed by atoms with Gasteiger partial charge in [0.1, 0.15) is 0 Å². The maximum atomic E-state index is 12.2. The molecule has 0 bridgehead atoms. The molecule has 0 aromatic heterocycles. The number of amides is 1. The minimum atomic E-state index is -3.28. The summed E-state index contributed by atoms with van der Waals surface area (Å²) in [4.78, 5) is 12.2. The van der Waals surface area contributed by atoms with Gasteiger partial charge >= 0.3 is 0 Å². The van der Waals surface area contributed by atoms with Crippen LogP contribution in [0.3, 0.4) is 0 Å². The molecule has 1 saturated heterocycles. The second-order valence-electron chi connectivity index (χ2n) is 6.42. The molecule has 1 fully saturated rings. The summed E-state index contributed by atoms with van der Waals surface area (Å²) < 4.78 is 25.5. The lowest BCUT2D eigenvalue weighted by Gasteiger charge is -2.28. The van der Waals surface area contributed by atoms with Crippen molar-refractivity contribution in [2.45, 2.75) is 33.1 Å². The van der Waals surface area contributed by atoms with Crippen LogP contribution in [0.15, 0.2) is 24.3 Å². The summed E-state index contributed by atoms with van der Waals surface area (Å²) in [6, 6.07) is 6.71. The number of carbonyl (C=O) groups excluding carboxylic acids is 1. The highest BCUT2D eigenvalue weighted by molar-refractivity contribution is 7.92. The molecule has 1 amide bonds. The van der Waals surface area contributed by atoms with Gasteiger partial charge in [-0.25, -0.2) is 8.42 Å². The highest BCUT2D eigenvalue weighted by atomic mass is 35.5. The first-order valence-electron chi connectivity index (χ1n) is 8.50. The van der Waals surface area contributed by atoms with Gasteiger partial charge in [-0.15, -0.1) is 12.4 Å². The molecule has 2 unspecified atom stereocenters. The number of sulfonamides is 1. The van der Waals surface area contributed by atoms with E-state index in [1.54, 1.807) is 31.2 Å². The summed E-state index contributed by atoms with van der Waals surface area (Å²) in [5, 5.41) is 6.26. The summed E-state index contributed by atoms with van der Waals surface area (Å²) in [5.74, 6) is 0.915. The molecule has 8 heteroatoms. The molecule has 1 aliphatic heterocycles. The van der Waals surface area contributed by atoms with E-state index in [-0.39, 0.29) is 24.1 Å². The van der Waals surface area contributed by atoms with Crippen LogP contribution in [0, 0.1) is 11.8 Å². The number of halogens is 1. The Balaban J connectivity index is 0.00000312. The van der Waals surface area contributed by atoms with Crippen molar-refractivity contribution in [2.24, 2.45) is 11.8 Å². The predicted molar refractivity (Wildman–Crippen MR) is 105 cm³/mol. The quantitative estimate of drug-likeness (QED) is 0.669. The van der Waals surface area contributed by atoms with Crippen LogP contribution in [0.4, 0.5) is 11.4 Å². The lowest BCUT2D eigenvalue weighted by Crippen LogP contribution is -2.34. The average Bonchev–Trinajstić information content (AvgIpc) is 2.57. The minimum absolute atomic E-state index is 0. The van der Waals surface area contributed by atoms with Gasteiger partial charge in [-0.1, -0.05) is 6.92 Å². The van der Waals surface area contributed by atoms with Gasteiger partial charge in [-0.05, 0) is 69.0 Å². The second-order valence-corrected chi connectivity index (χ2v) is 8.43. The van der Waals surface area contributed by atoms with E-state index in [2.05, 4.69) is 22.3 Å². The SMILES string of the molecule is CCS(=O)(=O)Nc1ccc(NC(=O)CC(C)C2CCCNC2)cc1.Cl. The van der Waals surface area contributed by atoms with Gasteiger partial charge in [0.25, 0.3) is 0 Å². The first-order valence-corrected chi connectivity index (χ1v) is 10.2. The van der Waals surface area contributed by atoms with E-state index in [1.165, 1.54) is 12.8 Å². The molecular formula is C17H28ClN3O3S. The van der Waals surface area contributed by atoms with Gasteiger partial charge in [0.2, 0.25) is 15.9 Å². The van der Waals surface area contributed by atoms with Gasteiger partial charge in [0.05, 0.1) is 5.75 Å². The van der Waals surface area contributed by atoms with Crippen LogP contribution in [0.5, 0.6) is 0 Å². The molecule has 0 saturated carbocycles. The lowest BCUT2D eigenvalue weighted by atomic mass is 9.85. The molecule has 1 heterocycles. The van der Waals surface area contributed by atoms with E-state index in [1.807, 2.05) is 0 Å². The van der Waals surface area contributed by atoms with E-state index in [9.17, 15) is 13.2 Å².